The molecule has 1 aromatic heterocycles. The van der Waals surface area contributed by atoms with Gasteiger partial charge in [0.1, 0.15) is 11.6 Å². The van der Waals surface area contributed by atoms with Crippen molar-refractivity contribution in [2.24, 2.45) is 0 Å². The fourth-order valence-electron chi connectivity index (χ4n) is 4.77. The Bertz CT molecular complexity index is 1450. The van der Waals surface area contributed by atoms with Crippen molar-refractivity contribution in [1.29, 1.82) is 0 Å². The summed E-state index contributed by atoms with van der Waals surface area (Å²) in [6.45, 7) is 7.23. The lowest BCUT2D eigenvalue weighted by molar-refractivity contribution is 0.0936. The predicted molar refractivity (Wildman–Crippen MR) is 157 cm³/mol. The number of aryl methyl sites for hydroxylation is 3. The minimum atomic E-state index is -0.352. The zero-order chi connectivity index (χ0) is 28.8. The summed E-state index contributed by atoms with van der Waals surface area (Å²) in [6.07, 6.45) is 1.74. The maximum atomic E-state index is 13.3. The van der Waals surface area contributed by atoms with Crippen LogP contribution in [-0.4, -0.2) is 43.4 Å². The number of carbonyl (C=O) groups is 1. The monoisotopic (exact) mass is 565 g/mol. The van der Waals surface area contributed by atoms with Crippen molar-refractivity contribution in [3.63, 3.8) is 0 Å². The van der Waals surface area contributed by atoms with Gasteiger partial charge in [-0.3, -0.25) is 4.79 Å². The Hall–Kier alpha value is -3.91. The van der Waals surface area contributed by atoms with Crippen molar-refractivity contribution < 1.29 is 23.7 Å². The van der Waals surface area contributed by atoms with Gasteiger partial charge in [-0.1, -0.05) is 23.7 Å². The molecule has 0 fully saturated rings. The van der Waals surface area contributed by atoms with E-state index in [1.165, 1.54) is 21.3 Å². The quantitative estimate of drug-likeness (QED) is 0.193. The number of methoxy groups -OCH3 is 3. The Morgan fingerprint density at radius 2 is 1.62 bits per heavy atom. The van der Waals surface area contributed by atoms with Gasteiger partial charge in [0.05, 0.1) is 45.0 Å². The van der Waals surface area contributed by atoms with Crippen LogP contribution >= 0.6 is 11.6 Å². The minimum absolute atomic E-state index is 0.271. The number of unbranched alkanes of at least 4 members (excludes halogenated alkanes) is 1. The number of halogens is 1. The molecule has 0 aliphatic heterocycles. The molecular weight excluding hydrogens is 530 g/mol. The van der Waals surface area contributed by atoms with Crippen LogP contribution in [0.15, 0.2) is 48.5 Å². The van der Waals surface area contributed by atoms with Crippen molar-refractivity contribution in [1.82, 2.24) is 14.9 Å². The normalized spacial score (nSPS) is 11.8. The molecule has 0 saturated heterocycles. The van der Waals surface area contributed by atoms with Crippen LogP contribution < -0.4 is 24.3 Å². The highest BCUT2D eigenvalue weighted by Gasteiger charge is 2.22. The number of hydrogen-bond acceptors (Lipinski definition) is 6. The minimum Gasteiger partial charge on any atom is -0.494 e. The molecule has 4 rings (SSSR count). The van der Waals surface area contributed by atoms with Gasteiger partial charge in [0.25, 0.3) is 5.91 Å². The molecule has 0 bridgehead atoms. The van der Waals surface area contributed by atoms with E-state index in [1.807, 2.05) is 51.1 Å². The van der Waals surface area contributed by atoms with Crippen molar-refractivity contribution in [3.8, 4) is 23.0 Å². The average molecular weight is 566 g/mol. The molecular formula is C31H36ClN3O5. The summed E-state index contributed by atoms with van der Waals surface area (Å²) in [6, 6.07) is 14.9. The zero-order valence-corrected chi connectivity index (χ0v) is 24.6. The van der Waals surface area contributed by atoms with Crippen molar-refractivity contribution in [2.45, 2.75) is 46.2 Å². The third-order valence-electron chi connectivity index (χ3n) is 6.80. The predicted octanol–water partition coefficient (Wildman–Crippen LogP) is 6.68. The molecule has 1 N–H and O–H groups in total. The number of amides is 1. The summed E-state index contributed by atoms with van der Waals surface area (Å²) in [5.74, 6) is 2.60. The molecule has 0 radical (unpaired) electrons. The number of aromatic nitrogens is 2. The molecule has 0 aliphatic rings. The van der Waals surface area contributed by atoms with E-state index in [-0.39, 0.29) is 11.9 Å². The molecule has 0 aliphatic carbocycles. The van der Waals surface area contributed by atoms with E-state index >= 15 is 0 Å². The molecule has 9 heteroatoms. The Kier molecular flexibility index (Phi) is 9.42. The van der Waals surface area contributed by atoms with E-state index in [0.717, 1.165) is 58.1 Å². The van der Waals surface area contributed by atoms with Gasteiger partial charge in [-0.15, -0.1) is 0 Å². The Morgan fingerprint density at radius 3 is 2.25 bits per heavy atom. The van der Waals surface area contributed by atoms with Crippen LogP contribution in [0.4, 0.5) is 0 Å². The number of rotatable bonds is 12. The highest BCUT2D eigenvalue weighted by atomic mass is 35.5. The first-order chi connectivity index (χ1) is 19.3. The molecule has 1 unspecified atom stereocenters. The molecule has 212 valence electrons. The lowest BCUT2D eigenvalue weighted by Gasteiger charge is -2.18. The van der Waals surface area contributed by atoms with Crippen LogP contribution in [-0.2, 0) is 6.54 Å². The average Bonchev–Trinajstić information content (AvgIpc) is 3.33. The number of ether oxygens (including phenoxy) is 4. The molecule has 1 amide bonds. The number of nitrogens with one attached hydrogen (secondary N) is 1. The Balaban J connectivity index is 1.46. The molecule has 3 aromatic carbocycles. The van der Waals surface area contributed by atoms with Gasteiger partial charge < -0.3 is 28.8 Å². The summed E-state index contributed by atoms with van der Waals surface area (Å²) in [4.78, 5) is 18.1. The third kappa shape index (κ3) is 6.28. The van der Waals surface area contributed by atoms with Gasteiger partial charge in [0.15, 0.2) is 11.5 Å². The maximum Gasteiger partial charge on any atom is 0.252 e. The lowest BCUT2D eigenvalue weighted by atomic mass is 10.1. The third-order valence-corrected chi connectivity index (χ3v) is 7.40. The van der Waals surface area contributed by atoms with E-state index < -0.39 is 0 Å². The standard InChI is InChI=1S/C31H36ClN3O5/c1-19-15-23(16-20(2)28(19)32)40-14-10-9-13-35-25-12-8-7-11-24(25)34-30(35)21(3)33-31(36)22-17-26(37-4)29(39-6)27(18-22)38-5/h7-8,11-12,15-18,21H,9-10,13-14H2,1-6H3,(H,33,36). The van der Waals surface area contributed by atoms with Crippen LogP contribution in [0.5, 0.6) is 23.0 Å². The Morgan fingerprint density at radius 1 is 0.975 bits per heavy atom. The fraction of sp³-hybridized carbons (Fsp3) is 0.355. The molecule has 1 heterocycles. The van der Waals surface area contributed by atoms with E-state index in [0.29, 0.717) is 29.4 Å². The van der Waals surface area contributed by atoms with Gasteiger partial charge in [0, 0.05) is 17.1 Å². The summed E-state index contributed by atoms with van der Waals surface area (Å²) in [5, 5.41) is 3.86. The molecule has 4 aromatic rings. The van der Waals surface area contributed by atoms with Crippen molar-refractivity contribution in [3.05, 3.63) is 76.1 Å². The van der Waals surface area contributed by atoms with Crippen LogP contribution in [0.2, 0.25) is 5.02 Å². The van der Waals surface area contributed by atoms with E-state index in [2.05, 4.69) is 16.0 Å². The van der Waals surface area contributed by atoms with Gasteiger partial charge in [-0.2, -0.15) is 0 Å². The smallest absolute Gasteiger partial charge is 0.252 e. The second kappa shape index (κ2) is 13.0. The van der Waals surface area contributed by atoms with Crippen LogP contribution in [0.1, 0.15) is 53.1 Å². The number of para-hydroxylation sites is 2. The summed E-state index contributed by atoms with van der Waals surface area (Å²) in [5.41, 5.74) is 4.32. The number of benzene rings is 3. The largest absolute Gasteiger partial charge is 0.494 e. The second-order valence-electron chi connectivity index (χ2n) is 9.65. The van der Waals surface area contributed by atoms with Gasteiger partial charge >= 0.3 is 0 Å². The number of carbonyl (C=O) groups excluding carboxylic acids is 1. The zero-order valence-electron chi connectivity index (χ0n) is 23.8. The second-order valence-corrected chi connectivity index (χ2v) is 10.0. The van der Waals surface area contributed by atoms with E-state index in [4.69, 9.17) is 35.5 Å². The first-order valence-electron chi connectivity index (χ1n) is 13.2. The van der Waals surface area contributed by atoms with Crippen molar-refractivity contribution in [2.75, 3.05) is 27.9 Å². The van der Waals surface area contributed by atoms with Gasteiger partial charge in [0.2, 0.25) is 5.75 Å². The summed E-state index contributed by atoms with van der Waals surface area (Å²) < 4.78 is 24.4. The number of hydrogen-bond donors (Lipinski definition) is 1. The molecule has 40 heavy (non-hydrogen) atoms. The first-order valence-corrected chi connectivity index (χ1v) is 13.6. The maximum absolute atomic E-state index is 13.3. The highest BCUT2D eigenvalue weighted by molar-refractivity contribution is 6.32. The van der Waals surface area contributed by atoms with Crippen molar-refractivity contribution >= 4 is 28.5 Å². The summed E-state index contributed by atoms with van der Waals surface area (Å²) in [7, 11) is 4.57. The molecule has 1 atom stereocenters. The number of imidazole rings is 1. The topological polar surface area (TPSA) is 83.8 Å². The molecule has 8 nitrogen and oxygen atoms in total. The highest BCUT2D eigenvalue weighted by Crippen LogP contribution is 2.38. The van der Waals surface area contributed by atoms with E-state index in [1.54, 1.807) is 12.1 Å². The van der Waals surface area contributed by atoms with Crippen LogP contribution in [0, 0.1) is 13.8 Å². The Labute approximate surface area is 240 Å². The number of nitrogens with zero attached hydrogens (tertiary/aromatic N) is 2. The lowest BCUT2D eigenvalue weighted by Crippen LogP contribution is -2.29. The number of fused-ring (bicyclic) bond motifs is 1. The van der Waals surface area contributed by atoms with E-state index in [9.17, 15) is 4.79 Å². The molecule has 0 saturated carbocycles. The van der Waals surface area contributed by atoms with Gasteiger partial charge in [-0.05, 0) is 81.1 Å². The first kappa shape index (κ1) is 29.1. The van der Waals surface area contributed by atoms with Gasteiger partial charge in [-0.25, -0.2) is 4.98 Å². The summed E-state index contributed by atoms with van der Waals surface area (Å²) >= 11 is 6.28. The van der Waals surface area contributed by atoms with Crippen LogP contribution in [0.25, 0.3) is 11.0 Å². The SMILES string of the molecule is COc1cc(C(=O)NC(C)c2nc3ccccc3n2CCCCOc2cc(C)c(Cl)c(C)c2)cc(OC)c1OC. The molecule has 0 spiro atoms. The fourth-order valence-corrected chi connectivity index (χ4v) is 4.88. The van der Waals surface area contributed by atoms with Crippen LogP contribution in [0.3, 0.4) is 0 Å².